The van der Waals surface area contributed by atoms with Crippen molar-refractivity contribution in [2.75, 3.05) is 5.32 Å². The molecule has 10 heteroatoms. The predicted octanol–water partition coefficient (Wildman–Crippen LogP) is 0.658. The van der Waals surface area contributed by atoms with Crippen molar-refractivity contribution in [2.24, 2.45) is 5.10 Å². The van der Waals surface area contributed by atoms with Gasteiger partial charge in [0.1, 0.15) is 11.8 Å². The lowest BCUT2D eigenvalue weighted by atomic mass is 10.0. The molecule has 0 aliphatic rings. The first-order chi connectivity index (χ1) is 13.5. The van der Waals surface area contributed by atoms with Crippen LogP contribution in [0.4, 0.5) is 5.82 Å². The number of H-pyrrole nitrogens is 2. The molecule has 10 nitrogen and oxygen atoms in total. The number of benzene rings is 2. The van der Waals surface area contributed by atoms with Crippen molar-refractivity contribution in [1.29, 1.82) is 0 Å². The second-order valence-corrected chi connectivity index (χ2v) is 5.91. The smallest absolute Gasteiger partial charge is 0.342 e. The van der Waals surface area contributed by atoms with Crippen LogP contribution < -0.4 is 22.0 Å². The standard InChI is InChI=1S/C18H18N6O4/c1-2-13(20-15-17(27)21-18(28)24-22-15)16(26)23-19-9-12-11-6-4-3-5-10(11)7-8-14(12)25/h3-9,13,25H,2H2,1H3,(H,20,22)(H,23,26)(H2,21,24,27,28)/b19-9-. The van der Waals surface area contributed by atoms with Crippen molar-refractivity contribution in [1.82, 2.24) is 20.6 Å². The van der Waals surface area contributed by atoms with E-state index in [9.17, 15) is 19.5 Å². The van der Waals surface area contributed by atoms with E-state index in [1.807, 2.05) is 29.2 Å². The van der Waals surface area contributed by atoms with Gasteiger partial charge in [-0.25, -0.2) is 15.3 Å². The maximum absolute atomic E-state index is 12.3. The number of phenols is 1. The summed E-state index contributed by atoms with van der Waals surface area (Å²) in [6.45, 7) is 1.73. The highest BCUT2D eigenvalue weighted by Gasteiger charge is 2.18. The number of carbonyl (C=O) groups excluding carboxylic acids is 1. The molecule has 1 aromatic heterocycles. The summed E-state index contributed by atoms with van der Waals surface area (Å²) < 4.78 is 0. The molecule has 1 unspecified atom stereocenters. The number of amides is 1. The van der Waals surface area contributed by atoms with Crippen molar-refractivity contribution in [2.45, 2.75) is 19.4 Å². The Bertz CT molecular complexity index is 1150. The SMILES string of the molecule is CCC(Nc1n[nH]c(=O)[nH]c1=O)C(=O)N/N=C\c1c(O)ccc2ccccc12. The van der Waals surface area contributed by atoms with Crippen LogP contribution in [0.2, 0.25) is 0 Å². The van der Waals surface area contributed by atoms with E-state index in [2.05, 4.69) is 26.0 Å². The molecule has 2 aromatic carbocycles. The first-order valence-corrected chi connectivity index (χ1v) is 8.48. The molecule has 0 spiro atoms. The largest absolute Gasteiger partial charge is 0.507 e. The molecule has 1 amide bonds. The fourth-order valence-electron chi connectivity index (χ4n) is 2.62. The predicted molar refractivity (Wildman–Crippen MR) is 105 cm³/mol. The number of aromatic hydroxyl groups is 1. The summed E-state index contributed by atoms with van der Waals surface area (Å²) in [6, 6.07) is 9.98. The van der Waals surface area contributed by atoms with Crippen molar-refractivity contribution >= 4 is 28.7 Å². The third-order valence-corrected chi connectivity index (χ3v) is 4.06. The van der Waals surface area contributed by atoms with Gasteiger partial charge in [-0.2, -0.15) is 5.10 Å². The summed E-state index contributed by atoms with van der Waals surface area (Å²) in [4.78, 5) is 37.0. The van der Waals surface area contributed by atoms with E-state index in [4.69, 9.17) is 0 Å². The Morgan fingerprint density at radius 2 is 2.07 bits per heavy atom. The Morgan fingerprint density at radius 1 is 1.29 bits per heavy atom. The average Bonchev–Trinajstić information content (AvgIpc) is 2.69. The van der Waals surface area contributed by atoms with Crippen LogP contribution in [0.1, 0.15) is 18.9 Å². The van der Waals surface area contributed by atoms with E-state index >= 15 is 0 Å². The quantitative estimate of drug-likeness (QED) is 0.312. The maximum atomic E-state index is 12.3. The van der Waals surface area contributed by atoms with Crippen LogP contribution in [0, 0.1) is 0 Å². The summed E-state index contributed by atoms with van der Waals surface area (Å²) in [7, 11) is 0. The van der Waals surface area contributed by atoms with Gasteiger partial charge in [0.2, 0.25) is 5.82 Å². The number of fused-ring (bicyclic) bond motifs is 1. The van der Waals surface area contributed by atoms with E-state index in [1.54, 1.807) is 19.1 Å². The van der Waals surface area contributed by atoms with Crippen LogP contribution in [-0.2, 0) is 4.79 Å². The van der Waals surface area contributed by atoms with E-state index in [0.717, 1.165) is 10.8 Å². The lowest BCUT2D eigenvalue weighted by Crippen LogP contribution is -2.39. The van der Waals surface area contributed by atoms with Crippen LogP contribution >= 0.6 is 0 Å². The molecular formula is C18H18N6O4. The van der Waals surface area contributed by atoms with Gasteiger partial charge in [-0.05, 0) is 23.3 Å². The minimum atomic E-state index is -0.808. The first-order valence-electron chi connectivity index (χ1n) is 8.48. The number of hydrogen-bond acceptors (Lipinski definition) is 7. The van der Waals surface area contributed by atoms with E-state index < -0.39 is 23.2 Å². The van der Waals surface area contributed by atoms with Crippen LogP contribution in [0.15, 0.2) is 51.1 Å². The molecule has 0 saturated heterocycles. The van der Waals surface area contributed by atoms with Crippen LogP contribution in [-0.4, -0.2) is 38.5 Å². The Labute approximate surface area is 158 Å². The molecule has 1 atom stereocenters. The number of nitrogens with zero attached hydrogens (tertiary/aromatic N) is 2. The van der Waals surface area contributed by atoms with Crippen molar-refractivity contribution in [3.05, 3.63) is 62.8 Å². The molecule has 0 aliphatic carbocycles. The second kappa shape index (κ2) is 8.16. The number of phenolic OH excluding ortho intramolecular Hbond substituents is 1. The second-order valence-electron chi connectivity index (χ2n) is 5.91. The zero-order valence-electron chi connectivity index (χ0n) is 14.9. The Hall–Kier alpha value is -3.95. The number of rotatable bonds is 6. The lowest BCUT2D eigenvalue weighted by molar-refractivity contribution is -0.121. The monoisotopic (exact) mass is 382 g/mol. The minimum Gasteiger partial charge on any atom is -0.507 e. The first kappa shape index (κ1) is 18.8. The van der Waals surface area contributed by atoms with Gasteiger partial charge >= 0.3 is 5.69 Å². The maximum Gasteiger partial charge on any atom is 0.342 e. The molecular weight excluding hydrogens is 364 g/mol. The van der Waals surface area contributed by atoms with Crippen molar-refractivity contribution in [3.8, 4) is 5.75 Å². The highest BCUT2D eigenvalue weighted by atomic mass is 16.3. The number of aromatic nitrogens is 3. The van der Waals surface area contributed by atoms with Gasteiger partial charge in [-0.15, -0.1) is 5.10 Å². The number of anilines is 1. The highest BCUT2D eigenvalue weighted by molar-refractivity contribution is 6.02. The molecule has 0 saturated carbocycles. The molecule has 0 radical (unpaired) electrons. The zero-order chi connectivity index (χ0) is 20.1. The summed E-state index contributed by atoms with van der Waals surface area (Å²) in [6.07, 6.45) is 1.69. The third kappa shape index (κ3) is 4.06. The number of nitrogens with one attached hydrogen (secondary N) is 4. The molecule has 0 aliphatic heterocycles. The zero-order valence-corrected chi connectivity index (χ0v) is 14.9. The molecule has 5 N–H and O–H groups in total. The number of hydrazone groups is 1. The number of hydrogen-bond donors (Lipinski definition) is 5. The van der Waals surface area contributed by atoms with Crippen molar-refractivity contribution < 1.29 is 9.90 Å². The number of aromatic amines is 2. The third-order valence-electron chi connectivity index (χ3n) is 4.06. The molecule has 28 heavy (non-hydrogen) atoms. The van der Waals surface area contributed by atoms with Gasteiger partial charge in [0, 0.05) is 5.56 Å². The Kier molecular flexibility index (Phi) is 5.49. The number of carbonyl (C=O) groups is 1. The Balaban J connectivity index is 1.74. The van der Waals surface area contributed by atoms with Crippen LogP contribution in [0.5, 0.6) is 5.75 Å². The average molecular weight is 382 g/mol. The van der Waals surface area contributed by atoms with Gasteiger partial charge in [-0.3, -0.25) is 14.6 Å². The van der Waals surface area contributed by atoms with E-state index in [1.165, 1.54) is 6.21 Å². The fraction of sp³-hybridized carbons (Fsp3) is 0.167. The van der Waals surface area contributed by atoms with Gasteiger partial charge < -0.3 is 10.4 Å². The molecule has 1 heterocycles. The molecule has 3 aromatic rings. The molecule has 0 bridgehead atoms. The topological polar surface area (TPSA) is 152 Å². The minimum absolute atomic E-state index is 0.0332. The summed E-state index contributed by atoms with van der Waals surface area (Å²) in [5.41, 5.74) is 1.36. The van der Waals surface area contributed by atoms with Crippen LogP contribution in [0.3, 0.4) is 0 Å². The van der Waals surface area contributed by atoms with Gasteiger partial charge in [0.05, 0.1) is 6.21 Å². The summed E-state index contributed by atoms with van der Waals surface area (Å²) in [5, 5.41) is 24.0. The fourth-order valence-corrected chi connectivity index (χ4v) is 2.62. The molecule has 3 rings (SSSR count). The van der Waals surface area contributed by atoms with Crippen LogP contribution in [0.25, 0.3) is 10.8 Å². The Morgan fingerprint density at radius 3 is 2.82 bits per heavy atom. The summed E-state index contributed by atoms with van der Waals surface area (Å²) in [5.74, 6) is -0.658. The lowest BCUT2D eigenvalue weighted by Gasteiger charge is -2.14. The van der Waals surface area contributed by atoms with Gasteiger partial charge in [-0.1, -0.05) is 37.3 Å². The summed E-state index contributed by atoms with van der Waals surface area (Å²) >= 11 is 0. The molecule has 0 fully saturated rings. The van der Waals surface area contributed by atoms with E-state index in [-0.39, 0.29) is 11.6 Å². The van der Waals surface area contributed by atoms with Gasteiger partial charge in [0.15, 0.2) is 0 Å². The highest BCUT2D eigenvalue weighted by Crippen LogP contribution is 2.25. The van der Waals surface area contributed by atoms with Gasteiger partial charge in [0.25, 0.3) is 11.5 Å². The van der Waals surface area contributed by atoms with E-state index in [0.29, 0.717) is 12.0 Å². The normalized spacial score (nSPS) is 12.2. The van der Waals surface area contributed by atoms with Crippen molar-refractivity contribution in [3.63, 3.8) is 0 Å². The molecule has 144 valence electrons.